The number of hydrogen-bond donors (Lipinski definition) is 1. The molecule has 0 unspecified atom stereocenters. The lowest BCUT2D eigenvalue weighted by Crippen LogP contribution is -2.38. The monoisotopic (exact) mass is 374 g/mol. The van der Waals surface area contributed by atoms with E-state index in [9.17, 15) is 9.59 Å². The minimum absolute atomic E-state index is 0.0468. The number of fused-ring (bicyclic) bond motifs is 1. The summed E-state index contributed by atoms with van der Waals surface area (Å²) in [5.41, 5.74) is 1.73. The Bertz CT molecular complexity index is 777. The van der Waals surface area contributed by atoms with Crippen LogP contribution in [0.1, 0.15) is 54.4 Å². The Morgan fingerprint density at radius 2 is 1.88 bits per heavy atom. The van der Waals surface area contributed by atoms with E-state index in [0.29, 0.717) is 11.5 Å². The fourth-order valence-electron chi connectivity index (χ4n) is 3.08. The molecule has 0 aromatic carbocycles. The van der Waals surface area contributed by atoms with Gasteiger partial charge < -0.3 is 14.6 Å². The molecule has 2 aromatic heterocycles. The number of esters is 1. The van der Waals surface area contributed by atoms with Crippen molar-refractivity contribution in [2.24, 2.45) is 5.92 Å². The van der Waals surface area contributed by atoms with Gasteiger partial charge in [0.1, 0.15) is 5.00 Å². The first-order chi connectivity index (χ1) is 12.5. The maximum Gasteiger partial charge on any atom is 0.341 e. The molecule has 0 radical (unpaired) electrons. The van der Waals surface area contributed by atoms with Crippen molar-refractivity contribution in [3.63, 3.8) is 0 Å². The lowest BCUT2D eigenvalue weighted by atomic mass is 9.95. The van der Waals surface area contributed by atoms with Crippen LogP contribution in [0.2, 0.25) is 0 Å². The van der Waals surface area contributed by atoms with Crippen molar-refractivity contribution in [2.45, 2.75) is 52.5 Å². The van der Waals surface area contributed by atoms with Crippen molar-refractivity contribution >= 4 is 23.2 Å². The molecular weight excluding hydrogens is 348 g/mol. The Labute approximate surface area is 158 Å². The highest BCUT2D eigenvalue weighted by Crippen LogP contribution is 2.37. The highest BCUT2D eigenvalue weighted by molar-refractivity contribution is 7.15. The Hall–Kier alpha value is -2.08. The van der Waals surface area contributed by atoms with Crippen molar-refractivity contribution < 1.29 is 14.3 Å². The van der Waals surface area contributed by atoms with Crippen LogP contribution in [0.25, 0.3) is 5.00 Å². The summed E-state index contributed by atoms with van der Waals surface area (Å²) in [6.07, 6.45) is 8.02. The van der Waals surface area contributed by atoms with Gasteiger partial charge in [-0.05, 0) is 56.2 Å². The minimum atomic E-state index is -0.402. The first-order valence-corrected chi connectivity index (χ1v) is 10.0. The van der Waals surface area contributed by atoms with E-state index in [4.69, 9.17) is 4.74 Å². The maximum atomic E-state index is 12.8. The number of nitrogens with one attached hydrogen (secondary N) is 1. The first kappa shape index (κ1) is 18.7. The second kappa shape index (κ2) is 8.08. The van der Waals surface area contributed by atoms with Gasteiger partial charge >= 0.3 is 5.97 Å². The zero-order chi connectivity index (χ0) is 18.7. The lowest BCUT2D eigenvalue weighted by molar-refractivity contribution is -0.125. The molecule has 0 saturated carbocycles. The molecule has 140 valence electrons. The van der Waals surface area contributed by atoms with E-state index in [2.05, 4.69) is 5.32 Å². The van der Waals surface area contributed by atoms with Gasteiger partial charge in [0.15, 0.2) is 6.61 Å². The molecular formula is C20H26N2O3S. The van der Waals surface area contributed by atoms with Crippen LogP contribution in [0.3, 0.4) is 0 Å². The highest BCUT2D eigenvalue weighted by Gasteiger charge is 2.27. The van der Waals surface area contributed by atoms with Crippen molar-refractivity contribution in [1.82, 2.24) is 9.88 Å². The smallest absolute Gasteiger partial charge is 0.341 e. The van der Waals surface area contributed by atoms with Crippen molar-refractivity contribution in [3.8, 4) is 5.00 Å². The molecule has 0 fully saturated rings. The number of carbonyl (C=O) groups is 2. The molecule has 0 spiro atoms. The van der Waals surface area contributed by atoms with E-state index in [-0.39, 0.29) is 18.6 Å². The zero-order valence-corrected chi connectivity index (χ0v) is 16.4. The molecule has 0 aliphatic heterocycles. The van der Waals surface area contributed by atoms with Gasteiger partial charge in [0.25, 0.3) is 5.91 Å². The van der Waals surface area contributed by atoms with Gasteiger partial charge in [-0.15, -0.1) is 11.3 Å². The fraction of sp³-hybridized carbons (Fsp3) is 0.500. The molecule has 6 heteroatoms. The average Bonchev–Trinajstić information content (AvgIpc) is 3.26. The number of thiophene rings is 1. The van der Waals surface area contributed by atoms with Gasteiger partial charge in [-0.1, -0.05) is 13.8 Å². The van der Waals surface area contributed by atoms with Crippen molar-refractivity contribution in [3.05, 3.63) is 40.5 Å². The third-order valence-corrected chi connectivity index (χ3v) is 6.22. The average molecular weight is 375 g/mol. The van der Waals surface area contributed by atoms with Crippen molar-refractivity contribution in [1.29, 1.82) is 0 Å². The van der Waals surface area contributed by atoms with E-state index < -0.39 is 5.97 Å². The van der Waals surface area contributed by atoms with Gasteiger partial charge in [-0.2, -0.15) is 0 Å². The first-order valence-electron chi connectivity index (χ1n) is 9.21. The summed E-state index contributed by atoms with van der Waals surface area (Å²) in [5.74, 6) is -0.328. The molecule has 0 bridgehead atoms. The summed E-state index contributed by atoms with van der Waals surface area (Å²) in [4.78, 5) is 26.1. The van der Waals surface area contributed by atoms with Gasteiger partial charge in [0.05, 0.1) is 5.56 Å². The largest absolute Gasteiger partial charge is 0.452 e. The zero-order valence-electron chi connectivity index (χ0n) is 15.6. The van der Waals surface area contributed by atoms with Crippen LogP contribution in [0.15, 0.2) is 24.5 Å². The van der Waals surface area contributed by atoms with Gasteiger partial charge in [-0.25, -0.2) is 4.79 Å². The second-order valence-electron chi connectivity index (χ2n) is 7.16. The van der Waals surface area contributed by atoms with Crippen LogP contribution >= 0.6 is 11.3 Å². The van der Waals surface area contributed by atoms with Crippen LogP contribution in [-0.2, 0) is 22.4 Å². The third-order valence-electron chi connectivity index (χ3n) is 4.92. The van der Waals surface area contributed by atoms with Crippen LogP contribution in [-0.4, -0.2) is 29.1 Å². The number of aromatic nitrogens is 1. The molecule has 26 heavy (non-hydrogen) atoms. The molecule has 2 heterocycles. The van der Waals surface area contributed by atoms with Gasteiger partial charge in [0, 0.05) is 23.3 Å². The topological polar surface area (TPSA) is 60.3 Å². The fourth-order valence-corrected chi connectivity index (χ4v) is 4.42. The maximum absolute atomic E-state index is 12.8. The summed E-state index contributed by atoms with van der Waals surface area (Å²) in [5, 5.41) is 3.76. The molecule has 1 aliphatic carbocycles. The van der Waals surface area contributed by atoms with E-state index in [1.807, 2.05) is 49.9 Å². The molecule has 0 saturated heterocycles. The van der Waals surface area contributed by atoms with Gasteiger partial charge in [0.2, 0.25) is 0 Å². The van der Waals surface area contributed by atoms with E-state index >= 15 is 0 Å². The Morgan fingerprint density at radius 1 is 1.19 bits per heavy atom. The van der Waals surface area contributed by atoms with Crippen molar-refractivity contribution in [2.75, 3.05) is 6.61 Å². The lowest BCUT2D eigenvalue weighted by Gasteiger charge is -2.17. The quantitative estimate of drug-likeness (QED) is 0.784. The summed E-state index contributed by atoms with van der Waals surface area (Å²) < 4.78 is 7.33. The summed E-state index contributed by atoms with van der Waals surface area (Å²) in [6, 6.07) is 3.92. The Morgan fingerprint density at radius 3 is 2.58 bits per heavy atom. The van der Waals surface area contributed by atoms with Crippen LogP contribution < -0.4 is 5.32 Å². The minimum Gasteiger partial charge on any atom is -0.452 e. The van der Waals surface area contributed by atoms with Crippen LogP contribution in [0.4, 0.5) is 0 Å². The van der Waals surface area contributed by atoms with Gasteiger partial charge in [-0.3, -0.25) is 4.79 Å². The number of hydrogen-bond acceptors (Lipinski definition) is 4. The highest BCUT2D eigenvalue weighted by atomic mass is 32.1. The summed E-state index contributed by atoms with van der Waals surface area (Å²) in [7, 11) is 0. The molecule has 1 aliphatic rings. The number of aryl methyl sites for hydroxylation is 1. The molecule has 2 aromatic rings. The third kappa shape index (κ3) is 4.01. The molecule has 1 amide bonds. The summed E-state index contributed by atoms with van der Waals surface area (Å²) in [6.45, 7) is 5.78. The van der Waals surface area contributed by atoms with E-state index in [1.54, 1.807) is 11.3 Å². The Kier molecular flexibility index (Phi) is 5.81. The van der Waals surface area contributed by atoms with Crippen LogP contribution in [0.5, 0.6) is 0 Å². The number of amides is 1. The standard InChI is InChI=1S/C20H26N2O3S/c1-13(2)14(3)21-17(23)12-25-20(24)18-15-8-4-5-9-16(15)26-19(18)22-10-6-7-11-22/h6-7,10-11,13-14H,4-5,8-9,12H2,1-3H3,(H,21,23)/t14-/m0/s1. The number of ether oxygens (including phenoxy) is 1. The van der Waals surface area contributed by atoms with E-state index in [1.165, 1.54) is 4.88 Å². The van der Waals surface area contributed by atoms with Crippen LogP contribution in [0, 0.1) is 5.92 Å². The number of nitrogens with zero attached hydrogens (tertiary/aromatic N) is 1. The predicted octanol–water partition coefficient (Wildman–Crippen LogP) is 3.74. The molecule has 1 atom stereocenters. The number of rotatable bonds is 6. The molecule has 5 nitrogen and oxygen atoms in total. The molecule has 3 rings (SSSR count). The Balaban J connectivity index is 1.76. The molecule has 1 N–H and O–H groups in total. The normalized spacial score (nSPS) is 14.8. The van der Waals surface area contributed by atoms with E-state index in [0.717, 1.165) is 36.2 Å². The summed E-state index contributed by atoms with van der Waals surface area (Å²) >= 11 is 1.66. The predicted molar refractivity (Wildman–Crippen MR) is 103 cm³/mol. The SMILES string of the molecule is CC(C)[C@H](C)NC(=O)COC(=O)c1c(-n2cccc2)sc2c1CCCC2. The number of carbonyl (C=O) groups excluding carboxylic acids is 2. The second-order valence-corrected chi connectivity index (χ2v) is 8.24.